The van der Waals surface area contributed by atoms with Crippen LogP contribution in [0.3, 0.4) is 0 Å². The second-order valence-electron chi connectivity index (χ2n) is 4.25. The highest BCUT2D eigenvalue weighted by Gasteiger charge is 2.03. The number of aryl methyl sites for hydroxylation is 1. The third kappa shape index (κ3) is 2.70. The van der Waals surface area contributed by atoms with E-state index < -0.39 is 0 Å². The highest BCUT2D eigenvalue weighted by Crippen LogP contribution is 2.04. The summed E-state index contributed by atoms with van der Waals surface area (Å²) in [4.78, 5) is 0. The van der Waals surface area contributed by atoms with Gasteiger partial charge in [-0.2, -0.15) is 10.2 Å². The Bertz CT molecular complexity index is 454. The molecular weight excluding hydrogens is 202 g/mol. The van der Waals surface area contributed by atoms with Crippen molar-refractivity contribution >= 4 is 0 Å². The minimum atomic E-state index is 0.177. The van der Waals surface area contributed by atoms with Gasteiger partial charge in [-0.25, -0.2) is 0 Å². The molecule has 2 aromatic rings. The number of nitrogens with two attached hydrogens (primary N) is 1. The van der Waals surface area contributed by atoms with Gasteiger partial charge in [0.15, 0.2) is 0 Å². The smallest absolute Gasteiger partial charge is 0.0690 e. The molecule has 86 valence electrons. The van der Waals surface area contributed by atoms with Crippen LogP contribution in [0.25, 0.3) is 0 Å². The highest BCUT2D eigenvalue weighted by molar-refractivity contribution is 5.09. The lowest BCUT2D eigenvalue weighted by Gasteiger charge is -2.00. The van der Waals surface area contributed by atoms with Crippen LogP contribution in [-0.2, 0) is 20.0 Å². The Hall–Kier alpha value is -1.62. The summed E-state index contributed by atoms with van der Waals surface area (Å²) in [6, 6.07) is 0.177. The Balaban J connectivity index is 2.02. The Kier molecular flexibility index (Phi) is 3.05. The molecule has 1 unspecified atom stereocenters. The maximum atomic E-state index is 5.74. The van der Waals surface area contributed by atoms with Crippen LogP contribution in [0.15, 0.2) is 24.8 Å². The largest absolute Gasteiger partial charge is 0.328 e. The van der Waals surface area contributed by atoms with Gasteiger partial charge in [-0.3, -0.25) is 9.36 Å². The summed E-state index contributed by atoms with van der Waals surface area (Å²) in [5, 5.41) is 8.42. The van der Waals surface area contributed by atoms with Crippen LogP contribution in [0.5, 0.6) is 0 Å². The summed E-state index contributed by atoms with van der Waals surface area (Å²) in [5.41, 5.74) is 8.07. The van der Waals surface area contributed by atoms with E-state index in [2.05, 4.69) is 10.2 Å². The van der Waals surface area contributed by atoms with Crippen molar-refractivity contribution in [3.63, 3.8) is 0 Å². The van der Waals surface area contributed by atoms with E-state index >= 15 is 0 Å². The molecule has 0 aliphatic carbocycles. The SMILES string of the molecule is CC(N)Cc1cnn(Cc2cnn(C)c2)c1. The quantitative estimate of drug-likeness (QED) is 0.817. The first-order valence-corrected chi connectivity index (χ1v) is 5.38. The van der Waals surface area contributed by atoms with Gasteiger partial charge in [0.25, 0.3) is 0 Å². The fourth-order valence-corrected chi connectivity index (χ4v) is 1.71. The van der Waals surface area contributed by atoms with Crippen molar-refractivity contribution in [1.29, 1.82) is 0 Å². The standard InChI is InChI=1S/C11H17N5/c1-9(12)3-10-4-14-16(7-10)8-11-5-13-15(2)6-11/h4-7,9H,3,8,12H2,1-2H3. The molecule has 0 aromatic carbocycles. The first-order valence-electron chi connectivity index (χ1n) is 5.38. The van der Waals surface area contributed by atoms with Crippen molar-refractivity contribution in [3.05, 3.63) is 35.9 Å². The van der Waals surface area contributed by atoms with Crippen molar-refractivity contribution in [2.45, 2.75) is 25.9 Å². The molecule has 2 N–H and O–H groups in total. The monoisotopic (exact) mass is 219 g/mol. The van der Waals surface area contributed by atoms with Crippen molar-refractivity contribution in [3.8, 4) is 0 Å². The van der Waals surface area contributed by atoms with Gasteiger partial charge in [0.2, 0.25) is 0 Å². The molecular formula is C11H17N5. The second-order valence-corrected chi connectivity index (χ2v) is 4.25. The van der Waals surface area contributed by atoms with E-state index in [1.807, 2.05) is 43.4 Å². The molecule has 16 heavy (non-hydrogen) atoms. The number of hydrogen-bond donors (Lipinski definition) is 1. The average Bonchev–Trinajstić information content (AvgIpc) is 2.76. The maximum absolute atomic E-state index is 5.74. The second kappa shape index (κ2) is 4.49. The molecule has 5 nitrogen and oxygen atoms in total. The molecule has 5 heteroatoms. The van der Waals surface area contributed by atoms with Crippen LogP contribution < -0.4 is 5.73 Å². The highest BCUT2D eigenvalue weighted by atomic mass is 15.3. The number of nitrogens with zero attached hydrogens (tertiary/aromatic N) is 4. The molecule has 0 amide bonds. The number of rotatable bonds is 4. The number of aromatic nitrogens is 4. The van der Waals surface area contributed by atoms with E-state index in [4.69, 9.17) is 5.73 Å². The molecule has 0 radical (unpaired) electrons. The van der Waals surface area contributed by atoms with Gasteiger partial charge in [-0.05, 0) is 18.9 Å². The van der Waals surface area contributed by atoms with E-state index in [1.54, 1.807) is 4.68 Å². The lowest BCUT2D eigenvalue weighted by atomic mass is 10.1. The Morgan fingerprint density at radius 2 is 2.00 bits per heavy atom. The summed E-state index contributed by atoms with van der Waals surface area (Å²) in [6.45, 7) is 2.76. The van der Waals surface area contributed by atoms with Crippen molar-refractivity contribution < 1.29 is 0 Å². The molecule has 0 saturated heterocycles. The normalized spacial score (nSPS) is 12.9. The summed E-state index contributed by atoms with van der Waals surface area (Å²) >= 11 is 0. The van der Waals surface area contributed by atoms with Crippen LogP contribution in [-0.4, -0.2) is 25.6 Å². The summed E-state index contributed by atoms with van der Waals surface area (Å²) < 4.78 is 3.70. The minimum absolute atomic E-state index is 0.177. The molecule has 2 heterocycles. The van der Waals surface area contributed by atoms with E-state index in [0.29, 0.717) is 0 Å². The lowest BCUT2D eigenvalue weighted by molar-refractivity contribution is 0.682. The van der Waals surface area contributed by atoms with Crippen molar-refractivity contribution in [2.75, 3.05) is 0 Å². The summed E-state index contributed by atoms with van der Waals surface area (Å²) in [7, 11) is 1.91. The predicted octanol–water partition coefficient (Wildman–Crippen LogP) is 0.555. The Morgan fingerprint density at radius 3 is 2.62 bits per heavy atom. The molecule has 0 aliphatic heterocycles. The molecule has 0 saturated carbocycles. The van der Waals surface area contributed by atoms with E-state index in [1.165, 1.54) is 5.56 Å². The fraction of sp³-hybridized carbons (Fsp3) is 0.455. The average molecular weight is 219 g/mol. The third-order valence-corrected chi connectivity index (χ3v) is 2.35. The first kappa shape index (κ1) is 10.9. The Morgan fingerprint density at radius 1 is 1.25 bits per heavy atom. The Labute approximate surface area is 94.9 Å². The van der Waals surface area contributed by atoms with Gasteiger partial charge in [0, 0.05) is 31.0 Å². The first-order chi connectivity index (χ1) is 7.63. The van der Waals surface area contributed by atoms with Gasteiger partial charge in [0.1, 0.15) is 0 Å². The van der Waals surface area contributed by atoms with Gasteiger partial charge < -0.3 is 5.73 Å². The zero-order valence-electron chi connectivity index (χ0n) is 9.67. The van der Waals surface area contributed by atoms with Crippen LogP contribution in [0, 0.1) is 0 Å². The van der Waals surface area contributed by atoms with Crippen LogP contribution in [0.1, 0.15) is 18.1 Å². The van der Waals surface area contributed by atoms with E-state index in [0.717, 1.165) is 18.5 Å². The van der Waals surface area contributed by atoms with Gasteiger partial charge in [-0.1, -0.05) is 0 Å². The molecule has 0 spiro atoms. The topological polar surface area (TPSA) is 61.7 Å². The van der Waals surface area contributed by atoms with Crippen molar-refractivity contribution in [2.24, 2.45) is 12.8 Å². The van der Waals surface area contributed by atoms with Crippen molar-refractivity contribution in [1.82, 2.24) is 19.6 Å². The van der Waals surface area contributed by atoms with E-state index in [9.17, 15) is 0 Å². The van der Waals surface area contributed by atoms with E-state index in [-0.39, 0.29) is 6.04 Å². The third-order valence-electron chi connectivity index (χ3n) is 2.35. The minimum Gasteiger partial charge on any atom is -0.328 e. The molecule has 0 bridgehead atoms. The van der Waals surface area contributed by atoms with Gasteiger partial charge in [0.05, 0.1) is 18.9 Å². The predicted molar refractivity (Wildman–Crippen MR) is 61.9 cm³/mol. The number of hydrogen-bond acceptors (Lipinski definition) is 3. The summed E-state index contributed by atoms with van der Waals surface area (Å²) in [6.07, 6.45) is 8.63. The van der Waals surface area contributed by atoms with Gasteiger partial charge >= 0.3 is 0 Å². The molecule has 2 aromatic heterocycles. The van der Waals surface area contributed by atoms with Crippen LogP contribution in [0.4, 0.5) is 0 Å². The zero-order valence-corrected chi connectivity index (χ0v) is 9.67. The maximum Gasteiger partial charge on any atom is 0.0690 e. The molecule has 1 atom stereocenters. The van der Waals surface area contributed by atoms with Gasteiger partial charge in [-0.15, -0.1) is 0 Å². The molecule has 0 aliphatic rings. The molecule has 0 fully saturated rings. The molecule has 2 rings (SSSR count). The lowest BCUT2D eigenvalue weighted by Crippen LogP contribution is -2.17. The summed E-state index contributed by atoms with van der Waals surface area (Å²) in [5.74, 6) is 0. The fourth-order valence-electron chi connectivity index (χ4n) is 1.71. The zero-order chi connectivity index (χ0) is 11.5. The van der Waals surface area contributed by atoms with Crippen LogP contribution in [0.2, 0.25) is 0 Å². The van der Waals surface area contributed by atoms with Crippen LogP contribution >= 0.6 is 0 Å².